The zero-order valence-corrected chi connectivity index (χ0v) is 18.0. The van der Waals surface area contributed by atoms with Gasteiger partial charge in [-0.1, -0.05) is 11.6 Å². The van der Waals surface area contributed by atoms with E-state index >= 15 is 0 Å². The zero-order valence-electron chi connectivity index (χ0n) is 17.2. The van der Waals surface area contributed by atoms with Crippen molar-refractivity contribution in [2.75, 3.05) is 43.4 Å². The van der Waals surface area contributed by atoms with Gasteiger partial charge in [-0.2, -0.15) is 5.10 Å². The average Bonchev–Trinajstić information content (AvgIpc) is 3.10. The molecule has 0 saturated carbocycles. The minimum atomic E-state index is 0.332. The van der Waals surface area contributed by atoms with Gasteiger partial charge in [-0.05, 0) is 38.2 Å². The monoisotopic (exact) mass is 436 g/mol. The molecule has 0 aliphatic carbocycles. The second-order valence-corrected chi connectivity index (χ2v) is 7.78. The predicted molar refractivity (Wildman–Crippen MR) is 119 cm³/mol. The summed E-state index contributed by atoms with van der Waals surface area (Å²) in [7, 11) is 2.13. The van der Waals surface area contributed by atoms with Gasteiger partial charge in [-0.15, -0.1) is 10.2 Å². The van der Waals surface area contributed by atoms with Gasteiger partial charge in [0.25, 0.3) is 0 Å². The molecule has 1 N–H and O–H groups in total. The van der Waals surface area contributed by atoms with Crippen LogP contribution < -0.4 is 10.2 Å². The van der Waals surface area contributed by atoms with Crippen molar-refractivity contribution in [1.82, 2.24) is 39.7 Å². The maximum absolute atomic E-state index is 6.38. The Morgan fingerprint density at radius 1 is 0.968 bits per heavy atom. The number of halogens is 1. The van der Waals surface area contributed by atoms with Gasteiger partial charge < -0.3 is 15.1 Å². The fourth-order valence-electron chi connectivity index (χ4n) is 3.56. The number of hydrogen-bond donors (Lipinski definition) is 1. The van der Waals surface area contributed by atoms with Gasteiger partial charge in [-0.25, -0.2) is 19.5 Å². The smallest absolute Gasteiger partial charge is 0.159 e. The number of nitrogens with zero attached hydrogens (tertiary/aromatic N) is 9. The van der Waals surface area contributed by atoms with Crippen LogP contribution in [0.1, 0.15) is 5.82 Å². The molecule has 0 amide bonds. The van der Waals surface area contributed by atoms with E-state index in [1.165, 1.54) is 0 Å². The number of hydrogen-bond acceptors (Lipinski definition) is 9. The third-order valence-corrected chi connectivity index (χ3v) is 5.43. The molecule has 11 heteroatoms. The lowest BCUT2D eigenvalue weighted by Gasteiger charge is -2.32. The molecule has 4 aromatic heterocycles. The first-order valence-corrected chi connectivity index (χ1v) is 10.3. The number of rotatable bonds is 4. The minimum Gasteiger partial charge on any atom is -0.353 e. The third-order valence-electron chi connectivity index (χ3n) is 5.16. The van der Waals surface area contributed by atoms with E-state index in [4.69, 9.17) is 11.6 Å². The zero-order chi connectivity index (χ0) is 21.4. The first-order chi connectivity index (χ1) is 15.1. The van der Waals surface area contributed by atoms with Gasteiger partial charge in [0.15, 0.2) is 22.4 Å². The first kappa shape index (κ1) is 19.6. The summed E-state index contributed by atoms with van der Waals surface area (Å²) in [6.45, 7) is 5.75. The van der Waals surface area contributed by atoms with Crippen LogP contribution in [0.3, 0.4) is 0 Å². The number of nitrogens with one attached hydrogen (secondary N) is 1. The van der Waals surface area contributed by atoms with Crippen LogP contribution in [0.2, 0.25) is 5.15 Å². The van der Waals surface area contributed by atoms with Crippen molar-refractivity contribution < 1.29 is 0 Å². The van der Waals surface area contributed by atoms with E-state index in [0.29, 0.717) is 39.6 Å². The van der Waals surface area contributed by atoms with Gasteiger partial charge in [0.1, 0.15) is 17.3 Å². The Balaban J connectivity index is 1.40. The molecule has 10 nitrogen and oxygen atoms in total. The molecule has 5 heterocycles. The molecule has 0 spiro atoms. The van der Waals surface area contributed by atoms with Crippen LogP contribution in [0.15, 0.2) is 36.5 Å². The first-order valence-electron chi connectivity index (χ1n) is 9.96. The molecule has 31 heavy (non-hydrogen) atoms. The highest BCUT2D eigenvalue weighted by Gasteiger charge is 2.18. The number of fused-ring (bicyclic) bond motifs is 1. The standard InChI is InChI=1S/C20H21ClN10/c1-13-23-14(19-20(21)26-17-4-3-7-22-31(17)19)12-16(24-13)25-15-5-6-18(28-27-15)30-10-8-29(2)9-11-30/h3-7,12H,8-11H2,1-2H3,(H,23,24,25,27). The van der Waals surface area contributed by atoms with Crippen LogP contribution >= 0.6 is 11.6 Å². The molecular weight excluding hydrogens is 416 g/mol. The van der Waals surface area contributed by atoms with Gasteiger partial charge in [0.05, 0.1) is 5.69 Å². The topological polar surface area (TPSA) is 100 Å². The number of piperazine rings is 1. The summed E-state index contributed by atoms with van der Waals surface area (Å²) in [6.07, 6.45) is 1.68. The summed E-state index contributed by atoms with van der Waals surface area (Å²) in [6, 6.07) is 9.33. The number of anilines is 3. The largest absolute Gasteiger partial charge is 0.353 e. The second kappa shape index (κ2) is 8.05. The highest BCUT2D eigenvalue weighted by Crippen LogP contribution is 2.28. The van der Waals surface area contributed by atoms with Crippen LogP contribution in [0, 0.1) is 6.92 Å². The van der Waals surface area contributed by atoms with E-state index < -0.39 is 0 Å². The SMILES string of the molecule is Cc1nc(Nc2ccc(N3CCN(C)CC3)nn2)cc(-c2c(Cl)nc3cccnn23)n1. The van der Waals surface area contributed by atoms with Crippen LogP contribution in [-0.4, -0.2) is 72.9 Å². The van der Waals surface area contributed by atoms with Crippen LogP contribution in [-0.2, 0) is 0 Å². The fourth-order valence-corrected chi connectivity index (χ4v) is 3.82. The van der Waals surface area contributed by atoms with Crippen molar-refractivity contribution in [2.24, 2.45) is 0 Å². The van der Waals surface area contributed by atoms with Crippen LogP contribution in [0.4, 0.5) is 17.5 Å². The number of imidazole rings is 1. The van der Waals surface area contributed by atoms with Crippen LogP contribution in [0.5, 0.6) is 0 Å². The molecule has 5 rings (SSSR count). The van der Waals surface area contributed by atoms with Crippen molar-refractivity contribution in [3.8, 4) is 11.4 Å². The minimum absolute atomic E-state index is 0.332. The van der Waals surface area contributed by atoms with E-state index in [1.807, 2.05) is 31.2 Å². The molecule has 158 valence electrons. The van der Waals surface area contributed by atoms with Crippen molar-refractivity contribution in [3.63, 3.8) is 0 Å². The van der Waals surface area contributed by atoms with Crippen molar-refractivity contribution in [3.05, 3.63) is 47.5 Å². The van der Waals surface area contributed by atoms with Gasteiger partial charge in [0.2, 0.25) is 0 Å². The number of aromatic nitrogens is 7. The molecule has 1 saturated heterocycles. The molecule has 1 aliphatic rings. The van der Waals surface area contributed by atoms with E-state index in [1.54, 1.807) is 16.8 Å². The van der Waals surface area contributed by atoms with Crippen molar-refractivity contribution >= 4 is 34.7 Å². The Bertz CT molecular complexity index is 1210. The summed E-state index contributed by atoms with van der Waals surface area (Å²) in [5, 5.41) is 16.6. The lowest BCUT2D eigenvalue weighted by molar-refractivity contribution is 0.312. The molecule has 0 unspecified atom stereocenters. The van der Waals surface area contributed by atoms with Crippen LogP contribution in [0.25, 0.3) is 17.0 Å². The average molecular weight is 437 g/mol. The predicted octanol–water partition coefficient (Wildman–Crippen LogP) is 2.43. The molecular formula is C20H21ClN10. The maximum atomic E-state index is 6.38. The van der Waals surface area contributed by atoms with Crippen molar-refractivity contribution in [1.29, 1.82) is 0 Å². The Hall–Kier alpha value is -3.37. The lowest BCUT2D eigenvalue weighted by Crippen LogP contribution is -2.44. The number of likely N-dealkylation sites (N-methyl/N-ethyl adjacent to an activating group) is 1. The van der Waals surface area contributed by atoms with E-state index in [2.05, 4.69) is 52.4 Å². The Morgan fingerprint density at radius 3 is 2.58 bits per heavy atom. The molecule has 0 bridgehead atoms. The van der Waals surface area contributed by atoms with E-state index in [-0.39, 0.29) is 0 Å². The van der Waals surface area contributed by atoms with Crippen molar-refractivity contribution in [2.45, 2.75) is 6.92 Å². The van der Waals surface area contributed by atoms with Gasteiger partial charge in [-0.3, -0.25) is 0 Å². The summed E-state index contributed by atoms with van der Waals surface area (Å²) in [5.74, 6) is 2.65. The number of aryl methyl sites for hydroxylation is 1. The van der Waals surface area contributed by atoms with E-state index in [0.717, 1.165) is 32.0 Å². The Labute approximate surface area is 183 Å². The second-order valence-electron chi connectivity index (χ2n) is 7.42. The summed E-state index contributed by atoms with van der Waals surface area (Å²) < 4.78 is 1.67. The normalized spacial score (nSPS) is 14.9. The summed E-state index contributed by atoms with van der Waals surface area (Å²) in [5.41, 5.74) is 1.88. The molecule has 1 aliphatic heterocycles. The third kappa shape index (κ3) is 3.99. The molecule has 0 radical (unpaired) electrons. The quantitative estimate of drug-likeness (QED) is 0.516. The fraction of sp³-hybridized carbons (Fsp3) is 0.300. The van der Waals surface area contributed by atoms with Gasteiger partial charge in [0, 0.05) is 38.4 Å². The molecule has 0 aromatic carbocycles. The molecule has 4 aromatic rings. The van der Waals surface area contributed by atoms with Gasteiger partial charge >= 0.3 is 0 Å². The molecule has 0 atom stereocenters. The summed E-state index contributed by atoms with van der Waals surface area (Å²) >= 11 is 6.38. The Kier molecular flexibility index (Phi) is 5.08. The highest BCUT2D eigenvalue weighted by atomic mass is 35.5. The lowest BCUT2D eigenvalue weighted by atomic mass is 10.3. The Morgan fingerprint density at radius 2 is 1.81 bits per heavy atom. The van der Waals surface area contributed by atoms with E-state index in [9.17, 15) is 0 Å². The molecule has 1 fully saturated rings. The summed E-state index contributed by atoms with van der Waals surface area (Å²) in [4.78, 5) is 17.9. The highest BCUT2D eigenvalue weighted by molar-refractivity contribution is 6.32. The maximum Gasteiger partial charge on any atom is 0.159 e.